The van der Waals surface area contributed by atoms with Crippen LogP contribution in [0.25, 0.3) is 0 Å². The minimum absolute atomic E-state index is 0.0356. The lowest BCUT2D eigenvalue weighted by molar-refractivity contribution is 0.144. The number of aromatic nitrogens is 1. The number of hydrogen-bond acceptors (Lipinski definition) is 1. The van der Waals surface area contributed by atoms with Crippen molar-refractivity contribution < 1.29 is 13.2 Å². The van der Waals surface area contributed by atoms with E-state index in [0.29, 0.717) is 0 Å². The Bertz CT molecular complexity index is 305. The largest absolute Gasteiger partial charge is 0.281 e. The SMILES string of the molecule is Fc1cnc(C(F)F)c(I)c1Br. The Hall–Kier alpha value is 0.150. The molecule has 6 heteroatoms. The molecule has 0 spiro atoms. The Balaban J connectivity index is 3.27. The van der Waals surface area contributed by atoms with Gasteiger partial charge in [-0.25, -0.2) is 13.2 Å². The van der Waals surface area contributed by atoms with Crippen LogP contribution in [0.2, 0.25) is 0 Å². The molecule has 0 amide bonds. The van der Waals surface area contributed by atoms with E-state index in [4.69, 9.17) is 0 Å². The van der Waals surface area contributed by atoms with E-state index in [1.807, 2.05) is 0 Å². The van der Waals surface area contributed by atoms with Gasteiger partial charge in [0.05, 0.1) is 14.2 Å². The molecule has 0 N–H and O–H groups in total. The summed E-state index contributed by atoms with van der Waals surface area (Å²) in [6.07, 6.45) is -1.90. The van der Waals surface area contributed by atoms with Crippen molar-refractivity contribution in [1.82, 2.24) is 4.98 Å². The Labute approximate surface area is 88.6 Å². The molecule has 0 saturated heterocycles. The molecule has 0 aliphatic heterocycles. The third-order valence-corrected chi connectivity index (χ3v) is 3.76. The Morgan fingerprint density at radius 3 is 2.58 bits per heavy atom. The van der Waals surface area contributed by atoms with Crippen molar-refractivity contribution in [1.29, 1.82) is 0 Å². The van der Waals surface area contributed by atoms with Gasteiger partial charge in [-0.2, -0.15) is 0 Å². The molecule has 66 valence electrons. The van der Waals surface area contributed by atoms with Crippen molar-refractivity contribution >= 4 is 38.5 Å². The standard InChI is InChI=1S/C6H2BrF3IN/c7-3-2(8)1-12-5(4(3)11)6(9)10/h1,6H. The summed E-state index contributed by atoms with van der Waals surface area (Å²) in [5.74, 6) is -0.635. The van der Waals surface area contributed by atoms with E-state index < -0.39 is 17.9 Å². The maximum atomic E-state index is 12.7. The van der Waals surface area contributed by atoms with Gasteiger partial charge >= 0.3 is 0 Å². The fourth-order valence-corrected chi connectivity index (χ4v) is 1.55. The van der Waals surface area contributed by atoms with E-state index in [0.717, 1.165) is 6.20 Å². The molecule has 1 nitrogen and oxygen atoms in total. The van der Waals surface area contributed by atoms with Crippen LogP contribution >= 0.6 is 38.5 Å². The van der Waals surface area contributed by atoms with Crippen molar-refractivity contribution in [2.45, 2.75) is 6.43 Å². The van der Waals surface area contributed by atoms with E-state index in [-0.39, 0.29) is 8.04 Å². The third-order valence-electron chi connectivity index (χ3n) is 1.15. The fourth-order valence-electron chi connectivity index (χ4n) is 0.609. The minimum atomic E-state index is -2.67. The van der Waals surface area contributed by atoms with Gasteiger partial charge in [0.1, 0.15) is 5.69 Å². The molecule has 0 saturated carbocycles. The first kappa shape index (κ1) is 10.2. The molecule has 0 bridgehead atoms. The van der Waals surface area contributed by atoms with E-state index in [2.05, 4.69) is 20.9 Å². The van der Waals surface area contributed by atoms with Gasteiger partial charge in [0.25, 0.3) is 6.43 Å². The predicted molar refractivity (Wildman–Crippen MR) is 49.6 cm³/mol. The molecular weight excluding hydrogens is 350 g/mol. The smallest absolute Gasteiger partial charge is 0.251 e. The molecule has 1 heterocycles. The second-order valence-electron chi connectivity index (χ2n) is 1.92. The van der Waals surface area contributed by atoms with Crippen LogP contribution in [0, 0.1) is 9.39 Å². The number of halogens is 5. The summed E-state index contributed by atoms with van der Waals surface area (Å²) in [7, 11) is 0. The quantitative estimate of drug-likeness (QED) is 0.705. The lowest BCUT2D eigenvalue weighted by Gasteiger charge is -2.03. The lowest BCUT2D eigenvalue weighted by Crippen LogP contribution is -1.97. The molecule has 1 aromatic rings. The van der Waals surface area contributed by atoms with Gasteiger partial charge in [0.15, 0.2) is 5.82 Å². The zero-order chi connectivity index (χ0) is 9.30. The highest BCUT2D eigenvalue weighted by Crippen LogP contribution is 2.29. The second-order valence-corrected chi connectivity index (χ2v) is 3.79. The first-order valence-corrected chi connectivity index (χ1v) is 4.68. The van der Waals surface area contributed by atoms with Gasteiger partial charge in [-0.1, -0.05) is 0 Å². The van der Waals surface area contributed by atoms with Crippen LogP contribution in [0.3, 0.4) is 0 Å². The Kier molecular flexibility index (Phi) is 3.33. The predicted octanol–water partition coefficient (Wildman–Crippen LogP) is 3.53. The Morgan fingerprint density at radius 2 is 2.08 bits per heavy atom. The van der Waals surface area contributed by atoms with E-state index in [1.54, 1.807) is 22.6 Å². The fraction of sp³-hybridized carbons (Fsp3) is 0.167. The van der Waals surface area contributed by atoms with Crippen molar-refractivity contribution in [3.63, 3.8) is 0 Å². The number of hydrogen-bond donors (Lipinski definition) is 0. The molecule has 0 atom stereocenters. The van der Waals surface area contributed by atoms with Gasteiger partial charge in [0.2, 0.25) is 0 Å². The number of alkyl halides is 2. The molecule has 0 aromatic carbocycles. The highest BCUT2D eigenvalue weighted by atomic mass is 127. The van der Waals surface area contributed by atoms with Crippen molar-refractivity contribution in [2.24, 2.45) is 0 Å². The topological polar surface area (TPSA) is 12.9 Å². The van der Waals surface area contributed by atoms with Gasteiger partial charge in [-0.3, -0.25) is 4.98 Å². The maximum Gasteiger partial charge on any atom is 0.281 e. The maximum absolute atomic E-state index is 12.7. The van der Waals surface area contributed by atoms with Crippen LogP contribution < -0.4 is 0 Å². The van der Waals surface area contributed by atoms with Gasteiger partial charge in [-0.15, -0.1) is 0 Å². The first-order valence-electron chi connectivity index (χ1n) is 2.81. The van der Waals surface area contributed by atoms with Crippen LogP contribution in [0.15, 0.2) is 10.7 Å². The summed E-state index contributed by atoms with van der Waals surface area (Å²) in [5, 5.41) is 0. The number of nitrogens with zero attached hydrogens (tertiary/aromatic N) is 1. The molecule has 12 heavy (non-hydrogen) atoms. The third kappa shape index (κ3) is 1.90. The molecule has 1 rings (SSSR count). The molecule has 0 aliphatic rings. The highest BCUT2D eigenvalue weighted by molar-refractivity contribution is 14.1. The van der Waals surface area contributed by atoms with E-state index >= 15 is 0 Å². The average Bonchev–Trinajstić information content (AvgIpc) is 2.00. The van der Waals surface area contributed by atoms with Gasteiger partial charge < -0.3 is 0 Å². The van der Waals surface area contributed by atoms with Crippen LogP contribution in [0.5, 0.6) is 0 Å². The highest BCUT2D eigenvalue weighted by Gasteiger charge is 2.17. The molecule has 1 aromatic heterocycles. The van der Waals surface area contributed by atoms with E-state index in [9.17, 15) is 13.2 Å². The van der Waals surface area contributed by atoms with Crippen molar-refractivity contribution in [2.75, 3.05) is 0 Å². The van der Waals surface area contributed by atoms with Crippen molar-refractivity contribution in [3.05, 3.63) is 25.8 Å². The summed E-state index contributed by atoms with van der Waals surface area (Å²) < 4.78 is 37.1. The molecule has 0 aliphatic carbocycles. The molecular formula is C6H2BrF3IN. The average molecular weight is 352 g/mol. The summed E-state index contributed by atoms with van der Waals surface area (Å²) in [4.78, 5) is 3.28. The van der Waals surface area contributed by atoms with Gasteiger partial charge in [-0.05, 0) is 38.5 Å². The molecule has 0 unspecified atom stereocenters. The van der Waals surface area contributed by atoms with Crippen LogP contribution in [0.1, 0.15) is 12.1 Å². The molecule has 0 radical (unpaired) electrons. The lowest BCUT2D eigenvalue weighted by atomic mass is 10.3. The summed E-state index contributed by atoms with van der Waals surface area (Å²) >= 11 is 4.46. The van der Waals surface area contributed by atoms with Crippen LogP contribution in [0.4, 0.5) is 13.2 Å². The van der Waals surface area contributed by atoms with Crippen LogP contribution in [-0.2, 0) is 0 Å². The number of pyridine rings is 1. The zero-order valence-electron chi connectivity index (χ0n) is 5.49. The van der Waals surface area contributed by atoms with E-state index in [1.165, 1.54) is 0 Å². The van der Waals surface area contributed by atoms with Crippen LogP contribution in [-0.4, -0.2) is 4.98 Å². The molecule has 0 fully saturated rings. The normalized spacial score (nSPS) is 10.8. The zero-order valence-corrected chi connectivity index (χ0v) is 9.24. The Morgan fingerprint density at radius 1 is 1.50 bits per heavy atom. The summed E-state index contributed by atoms with van der Waals surface area (Å²) in [5.41, 5.74) is -0.399. The summed E-state index contributed by atoms with van der Waals surface area (Å²) in [6, 6.07) is 0. The second kappa shape index (κ2) is 3.91. The minimum Gasteiger partial charge on any atom is -0.251 e. The van der Waals surface area contributed by atoms with Crippen molar-refractivity contribution in [3.8, 4) is 0 Å². The monoisotopic (exact) mass is 351 g/mol. The van der Waals surface area contributed by atoms with Gasteiger partial charge in [0, 0.05) is 0 Å². The number of rotatable bonds is 1. The first-order chi connectivity index (χ1) is 5.54. The summed E-state index contributed by atoms with van der Waals surface area (Å²) in [6.45, 7) is 0.